The predicted molar refractivity (Wildman–Crippen MR) is 72.9 cm³/mol. The minimum absolute atomic E-state index is 0.233. The third-order valence-electron chi connectivity index (χ3n) is 4.18. The van der Waals surface area contributed by atoms with Crippen molar-refractivity contribution in [2.75, 3.05) is 6.61 Å². The smallest absolute Gasteiger partial charge is 0.339 e. The second-order valence-corrected chi connectivity index (χ2v) is 5.73. The first kappa shape index (κ1) is 13.6. The molecule has 2 atom stereocenters. The van der Waals surface area contributed by atoms with Crippen molar-refractivity contribution in [3.05, 3.63) is 35.9 Å². The van der Waals surface area contributed by atoms with Crippen LogP contribution in [0.15, 0.2) is 30.3 Å². The van der Waals surface area contributed by atoms with Crippen molar-refractivity contribution in [3.63, 3.8) is 0 Å². The Balaban J connectivity index is 1.64. The topological polar surface area (TPSA) is 55.8 Å². The van der Waals surface area contributed by atoms with Gasteiger partial charge in [-0.15, -0.1) is 0 Å². The Morgan fingerprint density at radius 2 is 2.05 bits per heavy atom. The molecular formula is C16H20O4. The van der Waals surface area contributed by atoms with E-state index in [2.05, 4.69) is 0 Å². The van der Waals surface area contributed by atoms with Gasteiger partial charge >= 0.3 is 5.97 Å². The molecule has 20 heavy (non-hydrogen) atoms. The van der Waals surface area contributed by atoms with E-state index in [1.54, 1.807) is 0 Å². The van der Waals surface area contributed by atoms with Gasteiger partial charge in [0, 0.05) is 0 Å². The van der Waals surface area contributed by atoms with Crippen LogP contribution >= 0.6 is 0 Å². The van der Waals surface area contributed by atoms with E-state index in [0.29, 0.717) is 12.8 Å². The van der Waals surface area contributed by atoms with E-state index in [9.17, 15) is 9.90 Å². The molecule has 0 bridgehead atoms. The van der Waals surface area contributed by atoms with Gasteiger partial charge in [-0.2, -0.15) is 0 Å². The molecule has 1 N–H and O–H groups in total. The molecule has 2 aliphatic rings. The third-order valence-corrected chi connectivity index (χ3v) is 4.18. The second kappa shape index (κ2) is 5.54. The lowest BCUT2D eigenvalue weighted by Gasteiger charge is -2.37. The normalized spacial score (nSPS) is 29.9. The molecule has 0 radical (unpaired) electrons. The average molecular weight is 276 g/mol. The Morgan fingerprint density at radius 3 is 2.65 bits per heavy atom. The summed E-state index contributed by atoms with van der Waals surface area (Å²) in [4.78, 5) is 12.5. The van der Waals surface area contributed by atoms with Crippen LogP contribution in [-0.4, -0.2) is 29.4 Å². The molecule has 2 fully saturated rings. The number of aliphatic hydroxyl groups is 1. The van der Waals surface area contributed by atoms with Crippen LogP contribution < -0.4 is 0 Å². The molecule has 1 heterocycles. The van der Waals surface area contributed by atoms with Gasteiger partial charge in [0.1, 0.15) is 6.61 Å². The molecule has 1 saturated carbocycles. The molecule has 1 aromatic rings. The monoisotopic (exact) mass is 276 g/mol. The van der Waals surface area contributed by atoms with E-state index in [-0.39, 0.29) is 25.1 Å². The van der Waals surface area contributed by atoms with Gasteiger partial charge in [0.25, 0.3) is 0 Å². The Kier molecular flexibility index (Phi) is 3.76. The summed E-state index contributed by atoms with van der Waals surface area (Å²) in [6, 6.07) is 9.65. The zero-order valence-corrected chi connectivity index (χ0v) is 11.5. The highest BCUT2D eigenvalue weighted by Crippen LogP contribution is 2.47. The maximum absolute atomic E-state index is 12.5. The van der Waals surface area contributed by atoms with Gasteiger partial charge in [-0.1, -0.05) is 30.3 Å². The zero-order chi connectivity index (χ0) is 14.0. The number of carbonyl (C=O) groups is 1. The van der Waals surface area contributed by atoms with E-state index in [1.165, 1.54) is 0 Å². The van der Waals surface area contributed by atoms with E-state index in [1.807, 2.05) is 30.3 Å². The molecule has 1 saturated heterocycles. The fourth-order valence-corrected chi connectivity index (χ4v) is 2.83. The Labute approximate surface area is 118 Å². The van der Waals surface area contributed by atoms with E-state index >= 15 is 0 Å². The first-order valence-electron chi connectivity index (χ1n) is 7.24. The van der Waals surface area contributed by atoms with Crippen LogP contribution in [0, 0.1) is 5.92 Å². The summed E-state index contributed by atoms with van der Waals surface area (Å²) in [6.45, 7) is 0.511. The summed E-state index contributed by atoms with van der Waals surface area (Å²) in [5.74, 6) is -0.00553. The molecule has 3 rings (SSSR count). The SMILES string of the molecule is O=C(OCc1ccccc1)[C@@]1(C2CC2)CCC(O)CO1. The molecular weight excluding hydrogens is 256 g/mol. The van der Waals surface area contributed by atoms with Crippen molar-refractivity contribution in [2.24, 2.45) is 5.92 Å². The molecule has 108 valence electrons. The number of aliphatic hydroxyl groups excluding tert-OH is 1. The Hall–Kier alpha value is -1.39. The number of carbonyl (C=O) groups excluding carboxylic acids is 1. The Morgan fingerprint density at radius 1 is 1.30 bits per heavy atom. The van der Waals surface area contributed by atoms with Crippen molar-refractivity contribution in [1.29, 1.82) is 0 Å². The Bertz CT molecular complexity index is 459. The highest BCUT2D eigenvalue weighted by molar-refractivity contribution is 5.80. The van der Waals surface area contributed by atoms with Gasteiger partial charge in [0.2, 0.25) is 0 Å². The van der Waals surface area contributed by atoms with Crippen LogP contribution in [0.25, 0.3) is 0 Å². The van der Waals surface area contributed by atoms with Crippen LogP contribution in [-0.2, 0) is 20.9 Å². The van der Waals surface area contributed by atoms with Crippen molar-refractivity contribution < 1.29 is 19.4 Å². The quantitative estimate of drug-likeness (QED) is 0.855. The predicted octanol–water partition coefficient (Wildman–Crippen LogP) is 2.05. The number of rotatable bonds is 4. The van der Waals surface area contributed by atoms with Gasteiger partial charge in [-0.3, -0.25) is 0 Å². The summed E-state index contributed by atoms with van der Waals surface area (Å²) in [6.07, 6.45) is 2.74. The van der Waals surface area contributed by atoms with Crippen LogP contribution in [0.3, 0.4) is 0 Å². The number of esters is 1. The highest BCUT2D eigenvalue weighted by Gasteiger charge is 2.54. The summed E-state index contributed by atoms with van der Waals surface area (Å²) < 4.78 is 11.2. The lowest BCUT2D eigenvalue weighted by atomic mass is 9.88. The fraction of sp³-hybridized carbons (Fsp3) is 0.562. The fourth-order valence-electron chi connectivity index (χ4n) is 2.83. The zero-order valence-electron chi connectivity index (χ0n) is 11.5. The maximum Gasteiger partial charge on any atom is 0.339 e. The van der Waals surface area contributed by atoms with E-state index in [4.69, 9.17) is 9.47 Å². The van der Waals surface area contributed by atoms with Crippen LogP contribution in [0.2, 0.25) is 0 Å². The standard InChI is InChI=1S/C16H20O4/c17-14-8-9-16(20-11-14,13-6-7-13)15(18)19-10-12-4-2-1-3-5-12/h1-5,13-14,17H,6-11H2/t14?,16-/m0/s1. The minimum atomic E-state index is -0.811. The average Bonchev–Trinajstić information content (AvgIpc) is 3.32. The highest BCUT2D eigenvalue weighted by atomic mass is 16.6. The van der Waals surface area contributed by atoms with E-state index in [0.717, 1.165) is 18.4 Å². The molecule has 1 aromatic carbocycles. The van der Waals surface area contributed by atoms with Crippen molar-refractivity contribution >= 4 is 5.97 Å². The largest absolute Gasteiger partial charge is 0.459 e. The first-order chi connectivity index (χ1) is 9.71. The molecule has 1 aliphatic carbocycles. The van der Waals surface area contributed by atoms with Gasteiger partial charge in [-0.05, 0) is 37.2 Å². The molecule has 1 aliphatic heterocycles. The number of hydrogen-bond donors (Lipinski definition) is 1. The van der Waals surface area contributed by atoms with Crippen molar-refractivity contribution in [2.45, 2.75) is 44.0 Å². The van der Waals surface area contributed by atoms with Gasteiger partial charge < -0.3 is 14.6 Å². The second-order valence-electron chi connectivity index (χ2n) is 5.73. The van der Waals surface area contributed by atoms with Crippen LogP contribution in [0.1, 0.15) is 31.2 Å². The molecule has 0 amide bonds. The minimum Gasteiger partial charge on any atom is -0.459 e. The van der Waals surface area contributed by atoms with Gasteiger partial charge in [-0.25, -0.2) is 4.79 Å². The number of hydrogen-bond acceptors (Lipinski definition) is 4. The molecule has 0 spiro atoms. The van der Waals surface area contributed by atoms with Gasteiger partial charge in [0.05, 0.1) is 12.7 Å². The third kappa shape index (κ3) is 2.72. The van der Waals surface area contributed by atoms with Crippen LogP contribution in [0.4, 0.5) is 0 Å². The van der Waals surface area contributed by atoms with Crippen molar-refractivity contribution in [3.8, 4) is 0 Å². The lowest BCUT2D eigenvalue weighted by molar-refractivity contribution is -0.193. The lowest BCUT2D eigenvalue weighted by Crippen LogP contribution is -2.50. The summed E-state index contributed by atoms with van der Waals surface area (Å²) in [7, 11) is 0. The summed E-state index contributed by atoms with van der Waals surface area (Å²) >= 11 is 0. The number of benzene rings is 1. The number of ether oxygens (including phenoxy) is 2. The molecule has 0 aromatic heterocycles. The molecule has 4 nitrogen and oxygen atoms in total. The van der Waals surface area contributed by atoms with Crippen LogP contribution in [0.5, 0.6) is 0 Å². The van der Waals surface area contributed by atoms with E-state index < -0.39 is 11.7 Å². The molecule has 1 unspecified atom stereocenters. The summed E-state index contributed by atoms with van der Waals surface area (Å²) in [5.41, 5.74) is 0.163. The maximum atomic E-state index is 12.5. The first-order valence-corrected chi connectivity index (χ1v) is 7.24. The van der Waals surface area contributed by atoms with Crippen molar-refractivity contribution in [1.82, 2.24) is 0 Å². The summed E-state index contributed by atoms with van der Waals surface area (Å²) in [5, 5.41) is 9.56. The molecule has 4 heteroatoms. The van der Waals surface area contributed by atoms with Gasteiger partial charge in [0.15, 0.2) is 5.60 Å².